The maximum atomic E-state index is 11.4. The molecule has 4 nitrogen and oxygen atoms in total. The molecule has 5 heteroatoms. The van der Waals surface area contributed by atoms with Crippen LogP contribution >= 0.6 is 0 Å². The Balaban J connectivity index is 0. The van der Waals surface area contributed by atoms with Crippen molar-refractivity contribution in [1.82, 2.24) is 0 Å². The molecule has 154 valence electrons. The monoisotopic (exact) mass is 392 g/mol. The molecule has 0 atom stereocenters. The zero-order chi connectivity index (χ0) is 19.5. The summed E-state index contributed by atoms with van der Waals surface area (Å²) in [6.45, 7) is 3.65. The highest BCUT2D eigenvalue weighted by atomic mass is 24.3. The van der Waals surface area contributed by atoms with Gasteiger partial charge < -0.3 is 9.84 Å². The lowest BCUT2D eigenvalue weighted by Gasteiger charge is -2.01. The van der Waals surface area contributed by atoms with Crippen molar-refractivity contribution in [1.29, 1.82) is 0 Å². The van der Waals surface area contributed by atoms with E-state index in [1.54, 1.807) is 0 Å². The molecule has 1 N–H and O–H groups in total. The topological polar surface area (TPSA) is 63.6 Å². The molecule has 0 aromatic carbocycles. The van der Waals surface area contributed by atoms with E-state index in [2.05, 4.69) is 19.1 Å². The van der Waals surface area contributed by atoms with Crippen LogP contribution in [0.2, 0.25) is 0 Å². The minimum atomic E-state index is -1.07. The Morgan fingerprint density at radius 3 is 1.81 bits per heavy atom. The summed E-state index contributed by atoms with van der Waals surface area (Å²) < 4.78 is 4.79. The van der Waals surface area contributed by atoms with Crippen molar-refractivity contribution >= 4 is 35.0 Å². The van der Waals surface area contributed by atoms with Crippen LogP contribution in [0.5, 0.6) is 0 Å². The van der Waals surface area contributed by atoms with Gasteiger partial charge in [-0.25, -0.2) is 4.79 Å². The van der Waals surface area contributed by atoms with E-state index in [4.69, 9.17) is 9.84 Å². The zero-order valence-electron chi connectivity index (χ0n) is 16.8. The van der Waals surface area contributed by atoms with E-state index in [0.717, 1.165) is 31.9 Å². The van der Waals surface area contributed by atoms with Gasteiger partial charge in [-0.3, -0.25) is 4.79 Å². The summed E-state index contributed by atoms with van der Waals surface area (Å²) in [6.07, 6.45) is 21.8. The quantitative estimate of drug-likeness (QED) is 0.0868. The predicted molar refractivity (Wildman–Crippen MR) is 115 cm³/mol. The van der Waals surface area contributed by atoms with Crippen molar-refractivity contribution in [2.24, 2.45) is 0 Å². The van der Waals surface area contributed by atoms with Crippen molar-refractivity contribution in [3.8, 4) is 0 Å². The van der Waals surface area contributed by atoms with Gasteiger partial charge in [0.2, 0.25) is 0 Å². The third-order valence-electron chi connectivity index (χ3n) is 4.35. The third-order valence-corrected chi connectivity index (χ3v) is 4.35. The Bertz CT molecular complexity index is 430. The molecule has 0 heterocycles. The van der Waals surface area contributed by atoms with Gasteiger partial charge in [0.05, 0.1) is 5.57 Å². The standard InChI is InChI=1S/C22H38O4.Mg.2H/c1-3-4-5-6-7-8-9-10-11-12-13-14-15-16-17-18-21(23)26-19-20(2)22(24)25;;;/h10-11,19H,3-9,12-18H2,1-2H3,(H,24,25);;;/b11-10+,20-19?;;;. The lowest BCUT2D eigenvalue weighted by atomic mass is 10.1. The summed E-state index contributed by atoms with van der Waals surface area (Å²) >= 11 is 0. The number of carbonyl (C=O) groups excluding carboxylic acids is 1. The second-order valence-electron chi connectivity index (χ2n) is 6.93. The molecule has 0 aromatic rings. The number of ether oxygens (including phenoxy) is 1. The summed E-state index contributed by atoms with van der Waals surface area (Å²) in [5.74, 6) is -1.43. The number of carboxylic acids is 1. The Labute approximate surface area is 182 Å². The van der Waals surface area contributed by atoms with Crippen LogP contribution in [0.1, 0.15) is 104 Å². The number of unbranched alkanes of at least 4 members (excludes halogenated alkanes) is 11. The lowest BCUT2D eigenvalue weighted by molar-refractivity contribution is -0.138. The van der Waals surface area contributed by atoms with E-state index in [1.165, 1.54) is 64.7 Å². The van der Waals surface area contributed by atoms with E-state index in [9.17, 15) is 9.59 Å². The molecule has 0 aliphatic carbocycles. The van der Waals surface area contributed by atoms with Crippen LogP contribution in [0.4, 0.5) is 0 Å². The number of hydrogen-bond donors (Lipinski definition) is 1. The molecular formula is C22H40MgO4. The fraction of sp³-hybridized carbons (Fsp3) is 0.727. The summed E-state index contributed by atoms with van der Waals surface area (Å²) in [5.41, 5.74) is 0.0305. The zero-order valence-corrected chi connectivity index (χ0v) is 16.8. The smallest absolute Gasteiger partial charge is 0.334 e. The van der Waals surface area contributed by atoms with E-state index in [0.29, 0.717) is 6.42 Å². The van der Waals surface area contributed by atoms with Gasteiger partial charge in [0.15, 0.2) is 0 Å². The lowest BCUT2D eigenvalue weighted by Crippen LogP contribution is -2.02. The molecule has 0 unspecified atom stereocenters. The van der Waals surface area contributed by atoms with Crippen LogP contribution < -0.4 is 0 Å². The van der Waals surface area contributed by atoms with E-state index in [1.807, 2.05) is 0 Å². The van der Waals surface area contributed by atoms with Crippen molar-refractivity contribution < 1.29 is 19.4 Å². The average molecular weight is 393 g/mol. The van der Waals surface area contributed by atoms with Crippen molar-refractivity contribution in [3.63, 3.8) is 0 Å². The SMILES string of the molecule is CCCCCCCC/C=C/CCCCCCCC(=O)OC=C(C)C(=O)O.[MgH2]. The van der Waals surface area contributed by atoms with Gasteiger partial charge in [-0.1, -0.05) is 70.4 Å². The molecule has 0 amide bonds. The first kappa shape index (κ1) is 28.4. The molecule has 0 spiro atoms. The van der Waals surface area contributed by atoms with Gasteiger partial charge in [-0.15, -0.1) is 0 Å². The van der Waals surface area contributed by atoms with E-state index < -0.39 is 5.97 Å². The van der Waals surface area contributed by atoms with Crippen LogP contribution in [0, 0.1) is 0 Å². The molecule has 0 rings (SSSR count). The Morgan fingerprint density at radius 1 is 0.815 bits per heavy atom. The number of hydrogen-bond acceptors (Lipinski definition) is 3. The van der Waals surface area contributed by atoms with Gasteiger partial charge in [0, 0.05) is 6.42 Å². The molecule has 0 saturated carbocycles. The molecule has 0 aromatic heterocycles. The van der Waals surface area contributed by atoms with Gasteiger partial charge in [-0.2, -0.15) is 0 Å². The second kappa shape index (κ2) is 21.5. The van der Waals surface area contributed by atoms with E-state index in [-0.39, 0.29) is 34.6 Å². The van der Waals surface area contributed by atoms with Gasteiger partial charge >= 0.3 is 35.0 Å². The highest BCUT2D eigenvalue weighted by Crippen LogP contribution is 2.10. The first-order valence-corrected chi connectivity index (χ1v) is 10.3. The van der Waals surface area contributed by atoms with Gasteiger partial charge in [0.1, 0.15) is 6.26 Å². The van der Waals surface area contributed by atoms with Crippen molar-refractivity contribution in [3.05, 3.63) is 24.0 Å². The summed E-state index contributed by atoms with van der Waals surface area (Å²) in [5, 5.41) is 8.65. The van der Waals surface area contributed by atoms with Crippen LogP contribution in [0.15, 0.2) is 24.0 Å². The van der Waals surface area contributed by atoms with E-state index >= 15 is 0 Å². The Hall–Kier alpha value is -0.814. The summed E-state index contributed by atoms with van der Waals surface area (Å²) in [4.78, 5) is 22.0. The third kappa shape index (κ3) is 21.3. The molecule has 0 fully saturated rings. The fourth-order valence-electron chi connectivity index (χ4n) is 2.60. The first-order valence-electron chi connectivity index (χ1n) is 10.3. The maximum Gasteiger partial charge on any atom is 0.334 e. The number of aliphatic carboxylic acids is 1. The normalized spacial score (nSPS) is 11.4. The van der Waals surface area contributed by atoms with Crippen molar-refractivity contribution in [2.75, 3.05) is 0 Å². The summed E-state index contributed by atoms with van der Waals surface area (Å²) in [6, 6.07) is 0. The second-order valence-corrected chi connectivity index (χ2v) is 6.93. The van der Waals surface area contributed by atoms with Crippen LogP contribution in [-0.2, 0) is 14.3 Å². The molecule has 0 saturated heterocycles. The molecular weight excluding hydrogens is 353 g/mol. The first-order chi connectivity index (χ1) is 12.6. The predicted octanol–water partition coefficient (Wildman–Crippen LogP) is 5.64. The average Bonchev–Trinajstić information content (AvgIpc) is 2.62. The minimum absolute atomic E-state index is 0. The Kier molecular flexibility index (Phi) is 22.6. The highest BCUT2D eigenvalue weighted by Gasteiger charge is 2.04. The number of allylic oxidation sites excluding steroid dienone is 2. The maximum absolute atomic E-state index is 11.4. The fourth-order valence-corrected chi connectivity index (χ4v) is 2.60. The number of rotatable bonds is 17. The van der Waals surface area contributed by atoms with Crippen molar-refractivity contribution in [2.45, 2.75) is 104 Å². The van der Waals surface area contributed by atoms with Crippen LogP contribution in [-0.4, -0.2) is 40.1 Å². The Morgan fingerprint density at radius 2 is 1.30 bits per heavy atom. The van der Waals surface area contributed by atoms with Gasteiger partial charge in [-0.05, 0) is 39.0 Å². The number of esters is 1. The molecule has 0 aliphatic heterocycles. The largest absolute Gasteiger partial charge is 0.478 e. The number of carbonyl (C=O) groups is 2. The molecule has 0 aliphatic rings. The summed E-state index contributed by atoms with van der Waals surface area (Å²) in [7, 11) is 0. The van der Waals surface area contributed by atoms with Crippen LogP contribution in [0.25, 0.3) is 0 Å². The van der Waals surface area contributed by atoms with Gasteiger partial charge in [0.25, 0.3) is 0 Å². The highest BCUT2D eigenvalue weighted by molar-refractivity contribution is 5.85. The molecule has 0 radical (unpaired) electrons. The molecule has 0 bridgehead atoms. The minimum Gasteiger partial charge on any atom is -0.478 e. The number of carboxylic acid groups (broad SMARTS) is 1. The van der Waals surface area contributed by atoms with Crippen LogP contribution in [0.3, 0.4) is 0 Å². The molecule has 27 heavy (non-hydrogen) atoms.